The highest BCUT2D eigenvalue weighted by Gasteiger charge is 2.26. The van der Waals surface area contributed by atoms with E-state index in [9.17, 15) is 19.7 Å². The SMILES string of the molecule is COc1ccc(C(=O)COC(=O)c2ccc(NC3CC3)c([N+](=O)[O-])c2)cc1OC. The number of nitro groups is 1. The summed E-state index contributed by atoms with van der Waals surface area (Å²) in [4.78, 5) is 35.3. The van der Waals surface area contributed by atoms with Gasteiger partial charge in [0, 0.05) is 17.7 Å². The van der Waals surface area contributed by atoms with Crippen LogP contribution in [-0.2, 0) is 4.74 Å². The number of methoxy groups -OCH3 is 2. The monoisotopic (exact) mass is 400 g/mol. The Bertz CT molecular complexity index is 954. The van der Waals surface area contributed by atoms with E-state index in [1.807, 2.05) is 0 Å². The van der Waals surface area contributed by atoms with Crippen molar-refractivity contribution in [2.45, 2.75) is 18.9 Å². The summed E-state index contributed by atoms with van der Waals surface area (Å²) in [7, 11) is 2.92. The Balaban J connectivity index is 1.67. The Kier molecular flexibility index (Phi) is 5.96. The van der Waals surface area contributed by atoms with E-state index in [0.29, 0.717) is 17.2 Å². The van der Waals surface area contributed by atoms with Crippen LogP contribution < -0.4 is 14.8 Å². The van der Waals surface area contributed by atoms with Gasteiger partial charge in [-0.1, -0.05) is 0 Å². The Hall–Kier alpha value is -3.62. The van der Waals surface area contributed by atoms with Crippen LogP contribution >= 0.6 is 0 Å². The molecule has 0 aliphatic heterocycles. The van der Waals surface area contributed by atoms with Gasteiger partial charge in [-0.3, -0.25) is 14.9 Å². The number of nitrogens with zero attached hydrogens (tertiary/aromatic N) is 1. The first kappa shape index (κ1) is 20.1. The number of carbonyl (C=O) groups excluding carboxylic acids is 2. The van der Waals surface area contributed by atoms with Gasteiger partial charge < -0.3 is 19.5 Å². The molecule has 0 radical (unpaired) electrons. The maximum atomic E-state index is 12.3. The summed E-state index contributed by atoms with van der Waals surface area (Å²) in [6, 6.07) is 8.87. The number of ketones is 1. The van der Waals surface area contributed by atoms with Crippen LogP contribution in [0.4, 0.5) is 11.4 Å². The largest absolute Gasteiger partial charge is 0.493 e. The van der Waals surface area contributed by atoms with E-state index in [-0.39, 0.29) is 22.9 Å². The molecule has 1 saturated carbocycles. The number of nitro benzene ring substituents is 1. The number of hydrogen-bond acceptors (Lipinski definition) is 8. The van der Waals surface area contributed by atoms with Crippen LogP contribution in [0.2, 0.25) is 0 Å². The highest BCUT2D eigenvalue weighted by atomic mass is 16.6. The van der Waals surface area contributed by atoms with Gasteiger partial charge in [0.1, 0.15) is 5.69 Å². The second kappa shape index (κ2) is 8.59. The fraction of sp³-hybridized carbons (Fsp3) is 0.300. The average molecular weight is 400 g/mol. The van der Waals surface area contributed by atoms with Gasteiger partial charge in [0.2, 0.25) is 0 Å². The van der Waals surface area contributed by atoms with E-state index < -0.39 is 23.3 Å². The highest BCUT2D eigenvalue weighted by Crippen LogP contribution is 2.32. The lowest BCUT2D eigenvalue weighted by atomic mass is 10.1. The number of carbonyl (C=O) groups is 2. The van der Waals surface area contributed by atoms with Crippen LogP contribution in [0.3, 0.4) is 0 Å². The van der Waals surface area contributed by atoms with E-state index in [0.717, 1.165) is 18.9 Å². The molecule has 1 aliphatic carbocycles. The summed E-state index contributed by atoms with van der Waals surface area (Å²) in [5.74, 6) is -0.423. The molecule has 3 rings (SSSR count). The van der Waals surface area contributed by atoms with E-state index in [2.05, 4.69) is 5.32 Å². The fourth-order valence-corrected chi connectivity index (χ4v) is 2.69. The van der Waals surface area contributed by atoms with Gasteiger partial charge in [-0.15, -0.1) is 0 Å². The zero-order valence-corrected chi connectivity index (χ0v) is 16.0. The molecule has 2 aromatic rings. The second-order valence-electron chi connectivity index (χ2n) is 6.48. The third kappa shape index (κ3) is 4.81. The minimum Gasteiger partial charge on any atom is -0.493 e. The van der Waals surface area contributed by atoms with Crippen LogP contribution in [0.5, 0.6) is 11.5 Å². The molecule has 2 aromatic carbocycles. The maximum Gasteiger partial charge on any atom is 0.338 e. The number of rotatable bonds is 9. The molecule has 9 nitrogen and oxygen atoms in total. The Morgan fingerprint density at radius 2 is 1.76 bits per heavy atom. The van der Waals surface area contributed by atoms with Crippen molar-refractivity contribution in [2.75, 3.05) is 26.1 Å². The van der Waals surface area contributed by atoms with Gasteiger partial charge in [-0.05, 0) is 43.2 Å². The Morgan fingerprint density at radius 1 is 1.07 bits per heavy atom. The van der Waals surface area contributed by atoms with Crippen LogP contribution in [-0.4, -0.2) is 43.5 Å². The lowest BCUT2D eigenvalue weighted by Gasteiger charge is -2.10. The minimum absolute atomic E-state index is 0.00171. The molecule has 152 valence electrons. The van der Waals surface area contributed by atoms with E-state index in [1.54, 1.807) is 6.07 Å². The van der Waals surface area contributed by atoms with Gasteiger partial charge in [-0.25, -0.2) is 4.79 Å². The molecule has 0 atom stereocenters. The molecule has 1 fully saturated rings. The van der Waals surface area contributed by atoms with Crippen molar-refractivity contribution in [3.63, 3.8) is 0 Å². The van der Waals surface area contributed by atoms with E-state index in [4.69, 9.17) is 14.2 Å². The molecule has 0 amide bonds. The van der Waals surface area contributed by atoms with Crippen molar-refractivity contribution in [1.29, 1.82) is 0 Å². The summed E-state index contributed by atoms with van der Waals surface area (Å²) >= 11 is 0. The van der Waals surface area contributed by atoms with Gasteiger partial charge in [0.25, 0.3) is 5.69 Å². The number of hydrogen-bond donors (Lipinski definition) is 1. The third-order valence-electron chi connectivity index (χ3n) is 4.41. The van der Waals surface area contributed by atoms with Gasteiger partial charge in [0.05, 0.1) is 24.7 Å². The summed E-state index contributed by atoms with van der Waals surface area (Å²) in [5.41, 5.74) is 0.427. The lowest BCUT2D eigenvalue weighted by molar-refractivity contribution is -0.384. The predicted octanol–water partition coefficient (Wildman–Crippen LogP) is 3.23. The van der Waals surface area contributed by atoms with E-state index in [1.165, 1.54) is 38.5 Å². The first-order valence-electron chi connectivity index (χ1n) is 8.90. The topological polar surface area (TPSA) is 117 Å². The van der Waals surface area contributed by atoms with Crippen LogP contribution in [0.15, 0.2) is 36.4 Å². The van der Waals surface area contributed by atoms with E-state index >= 15 is 0 Å². The Labute approximate surface area is 166 Å². The molecule has 0 unspecified atom stereocenters. The molecule has 0 spiro atoms. The number of Topliss-reactive ketones (excluding diaryl/α,β-unsaturated/α-hetero) is 1. The quantitative estimate of drug-likeness (QED) is 0.295. The van der Waals surface area contributed by atoms with Crippen molar-refractivity contribution >= 4 is 23.1 Å². The van der Waals surface area contributed by atoms with Crippen molar-refractivity contribution in [1.82, 2.24) is 0 Å². The molecule has 9 heteroatoms. The molecular weight excluding hydrogens is 380 g/mol. The van der Waals surface area contributed by atoms with Gasteiger partial charge >= 0.3 is 5.97 Å². The third-order valence-corrected chi connectivity index (χ3v) is 4.41. The van der Waals surface area contributed by atoms with Crippen LogP contribution in [0.1, 0.15) is 33.6 Å². The molecule has 0 bridgehead atoms. The number of ether oxygens (including phenoxy) is 3. The summed E-state index contributed by atoms with van der Waals surface area (Å²) in [6.45, 7) is -0.510. The number of anilines is 1. The average Bonchev–Trinajstić information content (AvgIpc) is 3.55. The second-order valence-corrected chi connectivity index (χ2v) is 6.48. The molecular formula is C20H20N2O7. The zero-order chi connectivity index (χ0) is 21.0. The van der Waals surface area contributed by atoms with Gasteiger partial charge in [-0.2, -0.15) is 0 Å². The smallest absolute Gasteiger partial charge is 0.338 e. The summed E-state index contributed by atoms with van der Waals surface area (Å²) < 4.78 is 15.3. The number of benzene rings is 2. The molecule has 0 saturated heterocycles. The maximum absolute atomic E-state index is 12.3. The van der Waals surface area contributed by atoms with Crippen LogP contribution in [0, 0.1) is 10.1 Å². The zero-order valence-electron chi connectivity index (χ0n) is 16.0. The van der Waals surface area contributed by atoms with Crippen molar-refractivity contribution in [2.24, 2.45) is 0 Å². The Morgan fingerprint density at radius 3 is 2.38 bits per heavy atom. The van der Waals surface area contributed by atoms with Crippen molar-refractivity contribution < 1.29 is 28.7 Å². The first-order chi connectivity index (χ1) is 13.9. The molecule has 1 aliphatic rings. The fourth-order valence-electron chi connectivity index (χ4n) is 2.69. The lowest BCUT2D eigenvalue weighted by Crippen LogP contribution is -2.15. The summed E-state index contributed by atoms with van der Waals surface area (Å²) in [5, 5.41) is 14.4. The number of nitrogens with one attached hydrogen (secondary N) is 1. The molecule has 0 heterocycles. The molecule has 0 aromatic heterocycles. The van der Waals surface area contributed by atoms with Crippen molar-refractivity contribution in [3.05, 3.63) is 57.6 Å². The number of esters is 1. The van der Waals surface area contributed by atoms with Crippen LogP contribution in [0.25, 0.3) is 0 Å². The minimum atomic E-state index is -0.820. The molecule has 29 heavy (non-hydrogen) atoms. The summed E-state index contributed by atoms with van der Waals surface area (Å²) in [6.07, 6.45) is 1.92. The normalized spacial score (nSPS) is 12.8. The van der Waals surface area contributed by atoms with Crippen molar-refractivity contribution in [3.8, 4) is 11.5 Å². The standard InChI is InChI=1S/C20H20N2O7/c1-27-18-8-4-12(10-19(18)28-2)17(23)11-29-20(24)13-3-7-15(21-14-5-6-14)16(9-13)22(25)26/h3-4,7-10,14,21H,5-6,11H2,1-2H3. The van der Waals surface area contributed by atoms with Gasteiger partial charge in [0.15, 0.2) is 23.9 Å². The predicted molar refractivity (Wildman–Crippen MR) is 104 cm³/mol. The highest BCUT2D eigenvalue weighted by molar-refractivity contribution is 6.00. The first-order valence-corrected chi connectivity index (χ1v) is 8.90. The molecule has 1 N–H and O–H groups in total.